The van der Waals surface area contributed by atoms with Crippen LogP contribution in [-0.2, 0) is 24.1 Å². The van der Waals surface area contributed by atoms with E-state index in [0.29, 0.717) is 0 Å². The average Bonchev–Trinajstić information content (AvgIpc) is 2.72. The van der Waals surface area contributed by atoms with Gasteiger partial charge in [-0.2, -0.15) is 4.31 Å². The lowest BCUT2D eigenvalue weighted by atomic mass is 9.79. The highest BCUT2D eigenvalue weighted by Crippen LogP contribution is 2.38. The Bertz CT molecular complexity index is 868. The van der Waals surface area contributed by atoms with Crippen LogP contribution in [0.1, 0.15) is 27.7 Å². The zero-order valence-electron chi connectivity index (χ0n) is 16.7. The minimum Gasteiger partial charge on any atom is -0.404 e. The Kier molecular flexibility index (Phi) is 5.49. The molecule has 1 aromatic carbocycles. The Morgan fingerprint density at radius 2 is 1.69 bits per heavy atom. The van der Waals surface area contributed by atoms with Crippen molar-refractivity contribution in [1.29, 1.82) is 0 Å². The van der Waals surface area contributed by atoms with Gasteiger partial charge in [-0.15, -0.1) is 13.2 Å². The molecule has 162 valence electrons. The van der Waals surface area contributed by atoms with E-state index in [0.717, 1.165) is 16.4 Å². The van der Waals surface area contributed by atoms with E-state index in [1.807, 2.05) is 0 Å². The first-order valence-corrected chi connectivity index (χ1v) is 10.4. The van der Waals surface area contributed by atoms with Crippen molar-refractivity contribution in [3.05, 3.63) is 18.2 Å². The number of rotatable bonds is 5. The van der Waals surface area contributed by atoms with Gasteiger partial charge in [0.05, 0.1) is 17.3 Å². The Labute approximate surface area is 168 Å². The molecule has 1 aromatic rings. The summed E-state index contributed by atoms with van der Waals surface area (Å²) in [5, 5.41) is 0. The summed E-state index contributed by atoms with van der Waals surface area (Å²) in [7, 11) is -3.71. The second kappa shape index (κ2) is 7.12. The number of nitrogens with zero attached hydrogens (tertiary/aromatic N) is 1. The second-order valence-electron chi connectivity index (χ2n) is 8.02. The summed E-state index contributed by atoms with van der Waals surface area (Å²) >= 11 is 0. The molecule has 0 aromatic heterocycles. The van der Waals surface area contributed by atoms with E-state index in [2.05, 4.69) is 4.74 Å². The standard InChI is InChI=1S/C17H23BF3NO6S/c1-15(2)16(3,4)28-18(27-15)11-6-7-14(13(8-11)26-17(19,20)21)29(23,24)22-9-12(10-22)25-5/h6-8,12H,9-10H2,1-5H3. The van der Waals surface area contributed by atoms with Crippen LogP contribution >= 0.6 is 0 Å². The molecule has 0 radical (unpaired) electrons. The fourth-order valence-electron chi connectivity index (χ4n) is 2.95. The van der Waals surface area contributed by atoms with Crippen molar-refractivity contribution in [3.63, 3.8) is 0 Å². The molecular formula is C17H23BF3NO6S. The summed E-state index contributed by atoms with van der Waals surface area (Å²) in [4.78, 5) is -0.579. The van der Waals surface area contributed by atoms with Gasteiger partial charge in [-0.1, -0.05) is 6.07 Å². The molecule has 0 amide bonds. The highest BCUT2D eigenvalue weighted by atomic mass is 32.2. The SMILES string of the molecule is COC1CN(S(=O)(=O)c2ccc(B3OC(C)(C)C(C)(C)O3)cc2OC(F)(F)F)C1. The number of benzene rings is 1. The highest BCUT2D eigenvalue weighted by Gasteiger charge is 2.52. The third kappa shape index (κ3) is 4.27. The van der Waals surface area contributed by atoms with E-state index in [9.17, 15) is 21.6 Å². The van der Waals surface area contributed by atoms with Crippen LogP contribution in [0.2, 0.25) is 0 Å². The van der Waals surface area contributed by atoms with Crippen LogP contribution in [0.4, 0.5) is 13.2 Å². The Balaban J connectivity index is 1.97. The van der Waals surface area contributed by atoms with Crippen LogP contribution in [0.25, 0.3) is 0 Å². The smallest absolute Gasteiger partial charge is 0.404 e. The van der Waals surface area contributed by atoms with E-state index in [1.165, 1.54) is 13.2 Å². The van der Waals surface area contributed by atoms with Crippen LogP contribution in [0.3, 0.4) is 0 Å². The number of methoxy groups -OCH3 is 1. The van der Waals surface area contributed by atoms with Gasteiger partial charge in [0.1, 0.15) is 10.6 Å². The maximum atomic E-state index is 13.0. The van der Waals surface area contributed by atoms with E-state index in [4.69, 9.17) is 14.0 Å². The van der Waals surface area contributed by atoms with Gasteiger partial charge < -0.3 is 18.8 Å². The summed E-state index contributed by atoms with van der Waals surface area (Å²) in [6.07, 6.45) is -5.36. The monoisotopic (exact) mass is 437 g/mol. The minimum absolute atomic E-state index is 0.0588. The molecule has 2 saturated heterocycles. The normalized spacial score (nSPS) is 22.6. The molecule has 2 heterocycles. The van der Waals surface area contributed by atoms with Crippen LogP contribution in [-0.4, -0.2) is 63.7 Å². The molecule has 0 N–H and O–H groups in total. The Morgan fingerprint density at radius 1 is 1.14 bits per heavy atom. The summed E-state index contributed by atoms with van der Waals surface area (Å²) in [5.41, 5.74) is -1.19. The van der Waals surface area contributed by atoms with Gasteiger partial charge in [-0.3, -0.25) is 0 Å². The molecular weight excluding hydrogens is 414 g/mol. The second-order valence-corrected chi connectivity index (χ2v) is 9.93. The number of halogens is 3. The lowest BCUT2D eigenvalue weighted by Gasteiger charge is -2.37. The molecule has 0 atom stereocenters. The molecule has 0 unspecified atom stereocenters. The van der Waals surface area contributed by atoms with Crippen LogP contribution < -0.4 is 10.2 Å². The number of ether oxygens (including phenoxy) is 2. The Morgan fingerprint density at radius 3 is 2.17 bits per heavy atom. The summed E-state index contributed by atoms with van der Waals surface area (Å²) in [6, 6.07) is 3.44. The number of sulfonamides is 1. The van der Waals surface area contributed by atoms with Crippen molar-refractivity contribution in [3.8, 4) is 5.75 Å². The van der Waals surface area contributed by atoms with E-state index in [-0.39, 0.29) is 24.7 Å². The lowest BCUT2D eigenvalue weighted by molar-refractivity contribution is -0.275. The third-order valence-corrected chi connectivity index (χ3v) is 7.36. The van der Waals surface area contributed by atoms with Crippen molar-refractivity contribution >= 4 is 22.6 Å². The van der Waals surface area contributed by atoms with Gasteiger partial charge in [0, 0.05) is 20.2 Å². The van der Waals surface area contributed by atoms with Crippen LogP contribution in [0.15, 0.2) is 23.1 Å². The summed E-state index contributed by atoms with van der Waals surface area (Å²) < 4.78 is 86.2. The fourth-order valence-corrected chi connectivity index (χ4v) is 4.55. The predicted octanol–water partition coefficient (Wildman–Crippen LogP) is 1.90. The first-order valence-electron chi connectivity index (χ1n) is 8.94. The van der Waals surface area contributed by atoms with Crippen molar-refractivity contribution in [2.45, 2.75) is 56.3 Å². The maximum absolute atomic E-state index is 13.0. The zero-order chi connectivity index (χ0) is 21.8. The highest BCUT2D eigenvalue weighted by molar-refractivity contribution is 7.89. The maximum Gasteiger partial charge on any atom is 0.573 e. The van der Waals surface area contributed by atoms with Gasteiger partial charge in [-0.25, -0.2) is 8.42 Å². The van der Waals surface area contributed by atoms with Crippen molar-refractivity contribution in [2.75, 3.05) is 20.2 Å². The zero-order valence-corrected chi connectivity index (χ0v) is 17.6. The molecule has 0 bridgehead atoms. The first-order chi connectivity index (χ1) is 13.2. The summed E-state index contributed by atoms with van der Waals surface area (Å²) in [6.45, 7) is 7.32. The molecule has 12 heteroatoms. The largest absolute Gasteiger partial charge is 0.573 e. The molecule has 2 fully saturated rings. The molecule has 2 aliphatic rings. The van der Waals surface area contributed by atoms with E-state index in [1.54, 1.807) is 27.7 Å². The van der Waals surface area contributed by atoms with Gasteiger partial charge in [0.25, 0.3) is 0 Å². The summed E-state index contributed by atoms with van der Waals surface area (Å²) in [5.74, 6) is -0.828. The van der Waals surface area contributed by atoms with Gasteiger partial charge in [-0.05, 0) is 45.3 Å². The molecule has 0 aliphatic carbocycles. The first kappa shape index (κ1) is 22.4. The molecule has 0 saturated carbocycles. The number of hydrogen-bond donors (Lipinski definition) is 0. The lowest BCUT2D eigenvalue weighted by Crippen LogP contribution is -2.54. The molecule has 2 aliphatic heterocycles. The van der Waals surface area contributed by atoms with Gasteiger partial charge in [0.15, 0.2) is 0 Å². The third-order valence-electron chi connectivity index (χ3n) is 5.48. The van der Waals surface area contributed by atoms with Gasteiger partial charge >= 0.3 is 13.5 Å². The van der Waals surface area contributed by atoms with Gasteiger partial charge in [0.2, 0.25) is 10.0 Å². The molecule has 29 heavy (non-hydrogen) atoms. The molecule has 3 rings (SSSR count). The van der Waals surface area contributed by atoms with Crippen LogP contribution in [0, 0.1) is 0 Å². The molecule has 0 spiro atoms. The van der Waals surface area contributed by atoms with Crippen LogP contribution in [0.5, 0.6) is 5.75 Å². The van der Waals surface area contributed by atoms with E-state index >= 15 is 0 Å². The average molecular weight is 437 g/mol. The molecule has 7 nitrogen and oxygen atoms in total. The number of alkyl halides is 3. The van der Waals surface area contributed by atoms with Crippen molar-refractivity contribution in [2.24, 2.45) is 0 Å². The van der Waals surface area contributed by atoms with Crippen molar-refractivity contribution in [1.82, 2.24) is 4.31 Å². The topological polar surface area (TPSA) is 74.3 Å². The fraction of sp³-hybridized carbons (Fsp3) is 0.647. The minimum atomic E-state index is -5.07. The predicted molar refractivity (Wildman–Crippen MR) is 98.4 cm³/mol. The van der Waals surface area contributed by atoms with Crippen molar-refractivity contribution < 1.29 is 40.4 Å². The Hall–Kier alpha value is -1.34. The number of hydrogen-bond acceptors (Lipinski definition) is 6. The van der Waals surface area contributed by atoms with E-state index < -0.39 is 45.4 Å². The quantitative estimate of drug-likeness (QED) is 0.656.